The largest absolute Gasteiger partial charge is 0.393 e. The molecule has 1 fully saturated rings. The van der Waals surface area contributed by atoms with E-state index in [1.807, 2.05) is 0 Å². The van der Waals surface area contributed by atoms with Gasteiger partial charge in [0.1, 0.15) is 0 Å². The topological polar surface area (TPSA) is 59.9 Å². The van der Waals surface area contributed by atoms with E-state index in [0.717, 1.165) is 57.8 Å². The van der Waals surface area contributed by atoms with Gasteiger partial charge in [-0.15, -0.1) is 0 Å². The summed E-state index contributed by atoms with van der Waals surface area (Å²) in [5, 5.41) is 16.5. The van der Waals surface area contributed by atoms with Crippen molar-refractivity contribution < 1.29 is 5.11 Å². The lowest BCUT2D eigenvalue weighted by Crippen LogP contribution is -2.45. The maximum Gasteiger partial charge on any atom is 0.191 e. The van der Waals surface area contributed by atoms with Gasteiger partial charge in [0.15, 0.2) is 5.96 Å². The summed E-state index contributed by atoms with van der Waals surface area (Å²) < 4.78 is 0. The van der Waals surface area contributed by atoms with Crippen molar-refractivity contribution in [2.24, 2.45) is 4.99 Å². The normalized spacial score (nSPS) is 21.0. The smallest absolute Gasteiger partial charge is 0.191 e. The summed E-state index contributed by atoms with van der Waals surface area (Å²) in [6, 6.07) is 9.15. The van der Waals surface area contributed by atoms with E-state index in [1.165, 1.54) is 11.1 Å². The molecule has 0 aromatic heterocycles. The van der Waals surface area contributed by atoms with Crippen LogP contribution in [0.2, 0.25) is 0 Å². The van der Waals surface area contributed by atoms with E-state index in [0.29, 0.717) is 12.6 Å². The van der Waals surface area contributed by atoms with Crippen LogP contribution in [0.5, 0.6) is 0 Å². The number of aliphatic imine (C=N–C) groups is 1. The van der Waals surface area contributed by atoms with Gasteiger partial charge in [-0.1, -0.05) is 38.1 Å². The highest BCUT2D eigenvalue weighted by molar-refractivity contribution is 5.80. The minimum absolute atomic E-state index is 0.124. The molecule has 5 heteroatoms. The first-order valence-electron chi connectivity index (χ1n) is 10.2. The first-order chi connectivity index (χ1) is 12.6. The van der Waals surface area contributed by atoms with E-state index in [-0.39, 0.29) is 6.10 Å². The summed E-state index contributed by atoms with van der Waals surface area (Å²) in [6.07, 6.45) is 3.64. The van der Waals surface area contributed by atoms with E-state index < -0.39 is 0 Å². The van der Waals surface area contributed by atoms with Crippen LogP contribution in [-0.2, 0) is 13.1 Å². The van der Waals surface area contributed by atoms with Crippen molar-refractivity contribution >= 4 is 5.96 Å². The molecule has 2 rings (SSSR count). The van der Waals surface area contributed by atoms with Crippen LogP contribution in [0.15, 0.2) is 29.3 Å². The molecule has 1 aliphatic carbocycles. The summed E-state index contributed by atoms with van der Waals surface area (Å²) in [6.45, 7) is 11.2. The fourth-order valence-electron chi connectivity index (χ4n) is 3.44. The molecule has 3 N–H and O–H groups in total. The molecule has 1 saturated carbocycles. The molecule has 0 amide bonds. The number of nitrogens with one attached hydrogen (secondary N) is 2. The highest BCUT2D eigenvalue weighted by Crippen LogP contribution is 2.18. The number of hydrogen-bond donors (Lipinski definition) is 3. The average Bonchev–Trinajstić information content (AvgIpc) is 2.66. The molecule has 1 aromatic rings. The number of hydrogen-bond acceptors (Lipinski definition) is 3. The van der Waals surface area contributed by atoms with Crippen molar-refractivity contribution in [3.63, 3.8) is 0 Å². The molecule has 1 aliphatic rings. The van der Waals surface area contributed by atoms with Gasteiger partial charge in [0.25, 0.3) is 0 Å². The van der Waals surface area contributed by atoms with E-state index in [1.54, 1.807) is 0 Å². The molecule has 0 radical (unpaired) electrons. The molecule has 5 nitrogen and oxygen atoms in total. The average molecular weight is 361 g/mol. The van der Waals surface area contributed by atoms with Gasteiger partial charge in [0.05, 0.1) is 12.6 Å². The highest BCUT2D eigenvalue weighted by Gasteiger charge is 2.19. The Morgan fingerprint density at radius 3 is 2.46 bits per heavy atom. The van der Waals surface area contributed by atoms with Crippen LogP contribution in [0.3, 0.4) is 0 Å². The Kier molecular flexibility index (Phi) is 8.92. The second-order valence-corrected chi connectivity index (χ2v) is 7.13. The van der Waals surface area contributed by atoms with Gasteiger partial charge in [-0.05, 0) is 56.8 Å². The fourth-order valence-corrected chi connectivity index (χ4v) is 3.44. The Bertz CT molecular complexity index is 549. The standard InChI is InChI=1S/C21H36N4O/c1-4-22-21(24-19-10-12-20(26)13-11-19)23-15-17-8-7-9-18(14-17)16-25(5-2)6-3/h7-9,14,19-20,26H,4-6,10-13,15-16H2,1-3H3,(H2,22,23,24). The van der Waals surface area contributed by atoms with Crippen molar-refractivity contribution in [2.75, 3.05) is 19.6 Å². The number of nitrogens with zero attached hydrogens (tertiary/aromatic N) is 2. The molecular weight excluding hydrogens is 324 g/mol. The molecular formula is C21H36N4O. The number of aliphatic hydroxyl groups is 1. The van der Waals surface area contributed by atoms with Gasteiger partial charge >= 0.3 is 0 Å². The quantitative estimate of drug-likeness (QED) is 0.493. The molecule has 0 saturated heterocycles. The highest BCUT2D eigenvalue weighted by atomic mass is 16.3. The summed E-state index contributed by atoms with van der Waals surface area (Å²) in [5.74, 6) is 0.878. The van der Waals surface area contributed by atoms with E-state index in [4.69, 9.17) is 4.99 Å². The minimum atomic E-state index is -0.124. The van der Waals surface area contributed by atoms with Crippen LogP contribution >= 0.6 is 0 Å². The molecule has 0 atom stereocenters. The lowest BCUT2D eigenvalue weighted by atomic mass is 9.93. The van der Waals surface area contributed by atoms with Crippen molar-refractivity contribution in [3.05, 3.63) is 35.4 Å². The van der Waals surface area contributed by atoms with Gasteiger partial charge in [-0.3, -0.25) is 4.90 Å². The van der Waals surface area contributed by atoms with Crippen molar-refractivity contribution in [1.82, 2.24) is 15.5 Å². The lowest BCUT2D eigenvalue weighted by molar-refractivity contribution is 0.120. The molecule has 1 aromatic carbocycles. The maximum atomic E-state index is 9.66. The van der Waals surface area contributed by atoms with Crippen LogP contribution in [0, 0.1) is 0 Å². The third-order valence-electron chi connectivity index (χ3n) is 5.09. The number of guanidine groups is 1. The molecule has 0 unspecified atom stereocenters. The number of aliphatic hydroxyl groups excluding tert-OH is 1. The van der Waals surface area contributed by atoms with E-state index in [9.17, 15) is 5.11 Å². The SMILES string of the molecule is CCNC(=NCc1cccc(CN(CC)CC)c1)NC1CCC(O)CC1. The second kappa shape index (κ2) is 11.2. The summed E-state index contributed by atoms with van der Waals surface area (Å²) in [5.41, 5.74) is 2.59. The molecule has 146 valence electrons. The third kappa shape index (κ3) is 6.96. The van der Waals surface area contributed by atoms with Gasteiger partial charge in [-0.2, -0.15) is 0 Å². The minimum Gasteiger partial charge on any atom is -0.393 e. The van der Waals surface area contributed by atoms with Crippen LogP contribution in [0.1, 0.15) is 57.6 Å². The molecule has 26 heavy (non-hydrogen) atoms. The van der Waals surface area contributed by atoms with E-state index >= 15 is 0 Å². The maximum absolute atomic E-state index is 9.66. The molecule has 0 bridgehead atoms. The van der Waals surface area contributed by atoms with Crippen molar-refractivity contribution in [2.45, 2.75) is 71.7 Å². The zero-order valence-corrected chi connectivity index (χ0v) is 16.7. The van der Waals surface area contributed by atoms with Crippen molar-refractivity contribution in [3.8, 4) is 0 Å². The molecule has 0 aliphatic heterocycles. The predicted molar refractivity (Wildman–Crippen MR) is 109 cm³/mol. The van der Waals surface area contributed by atoms with Gasteiger partial charge in [0, 0.05) is 19.1 Å². The van der Waals surface area contributed by atoms with Crippen LogP contribution in [0.25, 0.3) is 0 Å². The lowest BCUT2D eigenvalue weighted by Gasteiger charge is -2.27. The Morgan fingerprint density at radius 1 is 1.12 bits per heavy atom. The number of benzene rings is 1. The molecule has 0 spiro atoms. The Morgan fingerprint density at radius 2 is 1.81 bits per heavy atom. The Balaban J connectivity index is 1.95. The Labute approximate surface area is 158 Å². The second-order valence-electron chi connectivity index (χ2n) is 7.13. The first kappa shape index (κ1) is 20.7. The summed E-state index contributed by atoms with van der Waals surface area (Å²) >= 11 is 0. The first-order valence-corrected chi connectivity index (χ1v) is 10.2. The molecule has 0 heterocycles. The Hall–Kier alpha value is -1.59. The van der Waals surface area contributed by atoms with Crippen LogP contribution < -0.4 is 10.6 Å². The fraction of sp³-hybridized carbons (Fsp3) is 0.667. The zero-order chi connectivity index (χ0) is 18.8. The van der Waals surface area contributed by atoms with Crippen LogP contribution in [-0.4, -0.2) is 47.7 Å². The van der Waals surface area contributed by atoms with Gasteiger partial charge < -0.3 is 15.7 Å². The third-order valence-corrected chi connectivity index (χ3v) is 5.09. The van der Waals surface area contributed by atoms with Gasteiger partial charge in [0.2, 0.25) is 0 Å². The number of rotatable bonds is 8. The predicted octanol–water partition coefficient (Wildman–Crippen LogP) is 2.89. The van der Waals surface area contributed by atoms with E-state index in [2.05, 4.69) is 60.6 Å². The summed E-state index contributed by atoms with van der Waals surface area (Å²) in [4.78, 5) is 7.20. The van der Waals surface area contributed by atoms with Gasteiger partial charge in [-0.25, -0.2) is 4.99 Å². The summed E-state index contributed by atoms with van der Waals surface area (Å²) in [7, 11) is 0. The zero-order valence-electron chi connectivity index (χ0n) is 16.7. The van der Waals surface area contributed by atoms with Crippen molar-refractivity contribution in [1.29, 1.82) is 0 Å². The monoisotopic (exact) mass is 360 g/mol. The van der Waals surface area contributed by atoms with Crippen LogP contribution in [0.4, 0.5) is 0 Å².